The second kappa shape index (κ2) is 20.9. The van der Waals surface area contributed by atoms with Crippen molar-refractivity contribution in [2.75, 3.05) is 5.75 Å². The molecule has 31 heavy (non-hydrogen) atoms. The topological polar surface area (TPSA) is 37.3 Å². The van der Waals surface area contributed by atoms with Crippen molar-refractivity contribution in [3.8, 4) is 0 Å². The van der Waals surface area contributed by atoms with Crippen molar-refractivity contribution in [3.63, 3.8) is 0 Å². The SMILES string of the molecule is CCCCCCCCCCCCCCCCCCCCSc1ccc(CC(=O)O)cc1. The molecule has 0 aliphatic rings. The molecular weight excluding hydrogens is 400 g/mol. The average molecular weight is 449 g/mol. The Kier molecular flexibility index (Phi) is 18.9. The number of rotatable bonds is 22. The monoisotopic (exact) mass is 448 g/mol. The van der Waals surface area contributed by atoms with E-state index in [9.17, 15) is 4.79 Å². The normalized spacial score (nSPS) is 11.1. The van der Waals surface area contributed by atoms with Crippen LogP contribution >= 0.6 is 11.8 Å². The number of carboxylic acid groups (broad SMARTS) is 1. The van der Waals surface area contributed by atoms with Gasteiger partial charge in [0.1, 0.15) is 0 Å². The minimum Gasteiger partial charge on any atom is -0.481 e. The Balaban J connectivity index is 1.77. The smallest absolute Gasteiger partial charge is 0.307 e. The Morgan fingerprint density at radius 2 is 1.03 bits per heavy atom. The van der Waals surface area contributed by atoms with Gasteiger partial charge in [0, 0.05) is 4.90 Å². The minimum atomic E-state index is -0.765. The van der Waals surface area contributed by atoms with E-state index in [1.165, 1.54) is 120 Å². The Morgan fingerprint density at radius 1 is 0.645 bits per heavy atom. The summed E-state index contributed by atoms with van der Waals surface area (Å²) in [6.45, 7) is 2.29. The van der Waals surface area contributed by atoms with E-state index in [1.807, 2.05) is 23.9 Å². The van der Waals surface area contributed by atoms with Crippen LogP contribution in [0.25, 0.3) is 0 Å². The first kappa shape index (κ1) is 28.1. The van der Waals surface area contributed by atoms with Crippen LogP contribution in [0.3, 0.4) is 0 Å². The lowest BCUT2D eigenvalue weighted by Gasteiger charge is -2.05. The van der Waals surface area contributed by atoms with Crippen LogP contribution in [0.4, 0.5) is 0 Å². The highest BCUT2D eigenvalue weighted by molar-refractivity contribution is 7.99. The maximum atomic E-state index is 10.7. The van der Waals surface area contributed by atoms with Gasteiger partial charge in [0.15, 0.2) is 0 Å². The van der Waals surface area contributed by atoms with Crippen molar-refractivity contribution in [2.24, 2.45) is 0 Å². The summed E-state index contributed by atoms with van der Waals surface area (Å²) in [6, 6.07) is 7.98. The van der Waals surface area contributed by atoms with Crippen LogP contribution < -0.4 is 0 Å². The van der Waals surface area contributed by atoms with Gasteiger partial charge < -0.3 is 5.11 Å². The molecule has 1 N–H and O–H groups in total. The molecule has 0 spiro atoms. The first-order valence-corrected chi connectivity index (χ1v) is 14.1. The van der Waals surface area contributed by atoms with Crippen LogP contribution in [-0.2, 0) is 11.2 Å². The predicted molar refractivity (Wildman–Crippen MR) is 137 cm³/mol. The third-order valence-electron chi connectivity index (χ3n) is 6.05. The average Bonchev–Trinajstić information content (AvgIpc) is 2.76. The van der Waals surface area contributed by atoms with Crippen molar-refractivity contribution in [1.29, 1.82) is 0 Å². The van der Waals surface area contributed by atoms with E-state index in [0.717, 1.165) is 11.3 Å². The van der Waals surface area contributed by atoms with Gasteiger partial charge in [-0.1, -0.05) is 128 Å². The van der Waals surface area contributed by atoms with Gasteiger partial charge in [0.2, 0.25) is 0 Å². The zero-order valence-electron chi connectivity index (χ0n) is 20.2. The standard InChI is InChI=1S/C28H48O2S/c1-2-3-4-5-6-7-8-9-10-11-12-13-14-15-16-17-18-19-24-31-27-22-20-26(21-23-27)25-28(29)30/h20-23H,2-19,24-25H2,1H3,(H,29,30). The molecule has 0 unspecified atom stereocenters. The molecule has 1 aromatic rings. The molecule has 178 valence electrons. The molecular formula is C28H48O2S. The molecule has 0 heterocycles. The molecule has 3 heteroatoms. The number of hydrogen-bond acceptors (Lipinski definition) is 2. The number of carbonyl (C=O) groups is 1. The van der Waals surface area contributed by atoms with E-state index in [0.29, 0.717) is 0 Å². The minimum absolute atomic E-state index is 0.115. The first-order valence-electron chi connectivity index (χ1n) is 13.2. The second-order valence-corrected chi connectivity index (χ2v) is 10.2. The predicted octanol–water partition coefficient (Wildman–Crippen LogP) is 9.45. The Hall–Kier alpha value is -0.960. The van der Waals surface area contributed by atoms with Gasteiger partial charge >= 0.3 is 5.97 Å². The Labute approximate surface area is 197 Å². The van der Waals surface area contributed by atoms with Crippen molar-refractivity contribution < 1.29 is 9.90 Å². The van der Waals surface area contributed by atoms with Crippen molar-refractivity contribution in [2.45, 2.75) is 134 Å². The summed E-state index contributed by atoms with van der Waals surface area (Å²) >= 11 is 1.89. The van der Waals surface area contributed by atoms with Gasteiger partial charge in [-0.15, -0.1) is 11.8 Å². The third-order valence-corrected chi connectivity index (χ3v) is 7.14. The zero-order chi connectivity index (χ0) is 22.4. The molecule has 0 radical (unpaired) electrons. The first-order chi connectivity index (χ1) is 15.2. The van der Waals surface area contributed by atoms with Gasteiger partial charge in [-0.05, 0) is 29.9 Å². The van der Waals surface area contributed by atoms with Gasteiger partial charge in [-0.3, -0.25) is 4.79 Å². The van der Waals surface area contributed by atoms with Gasteiger partial charge in [-0.25, -0.2) is 0 Å². The Morgan fingerprint density at radius 3 is 1.42 bits per heavy atom. The van der Waals surface area contributed by atoms with Crippen molar-refractivity contribution >= 4 is 17.7 Å². The lowest BCUT2D eigenvalue weighted by molar-refractivity contribution is -0.136. The summed E-state index contributed by atoms with van der Waals surface area (Å²) in [7, 11) is 0. The molecule has 0 saturated carbocycles. The number of aliphatic carboxylic acids is 1. The van der Waals surface area contributed by atoms with Gasteiger partial charge in [-0.2, -0.15) is 0 Å². The lowest BCUT2D eigenvalue weighted by atomic mass is 10.0. The maximum absolute atomic E-state index is 10.7. The zero-order valence-corrected chi connectivity index (χ0v) is 21.0. The van der Waals surface area contributed by atoms with Crippen LogP contribution in [0.2, 0.25) is 0 Å². The fraction of sp³-hybridized carbons (Fsp3) is 0.750. The van der Waals surface area contributed by atoms with E-state index >= 15 is 0 Å². The molecule has 0 saturated heterocycles. The van der Waals surface area contributed by atoms with E-state index in [1.54, 1.807) is 0 Å². The summed E-state index contributed by atoms with van der Waals surface area (Å²) in [5.41, 5.74) is 0.880. The van der Waals surface area contributed by atoms with Crippen LogP contribution in [-0.4, -0.2) is 16.8 Å². The van der Waals surface area contributed by atoms with Gasteiger partial charge in [0.25, 0.3) is 0 Å². The third kappa shape index (κ3) is 18.3. The van der Waals surface area contributed by atoms with E-state index < -0.39 is 5.97 Å². The molecule has 1 aromatic carbocycles. The number of thioether (sulfide) groups is 1. The Bertz CT molecular complexity index is 526. The molecule has 1 rings (SSSR count). The molecule has 0 aliphatic heterocycles. The van der Waals surface area contributed by atoms with E-state index in [4.69, 9.17) is 5.11 Å². The molecule has 0 atom stereocenters. The summed E-state index contributed by atoms with van der Waals surface area (Å²) in [4.78, 5) is 12.0. The van der Waals surface area contributed by atoms with Crippen molar-refractivity contribution in [1.82, 2.24) is 0 Å². The van der Waals surface area contributed by atoms with Crippen LogP contribution in [0.5, 0.6) is 0 Å². The molecule has 2 nitrogen and oxygen atoms in total. The molecule has 0 amide bonds. The number of benzene rings is 1. The number of unbranched alkanes of at least 4 members (excludes halogenated alkanes) is 17. The van der Waals surface area contributed by atoms with Crippen LogP contribution in [0, 0.1) is 0 Å². The van der Waals surface area contributed by atoms with E-state index in [2.05, 4.69) is 19.1 Å². The highest BCUT2D eigenvalue weighted by Crippen LogP contribution is 2.21. The molecule has 0 bridgehead atoms. The summed E-state index contributed by atoms with van der Waals surface area (Å²) in [5, 5.41) is 8.81. The van der Waals surface area contributed by atoms with E-state index in [-0.39, 0.29) is 6.42 Å². The lowest BCUT2D eigenvalue weighted by Crippen LogP contribution is -1.99. The second-order valence-electron chi connectivity index (χ2n) is 9.07. The number of hydrogen-bond donors (Lipinski definition) is 1. The molecule has 0 aromatic heterocycles. The van der Waals surface area contributed by atoms with Crippen LogP contribution in [0.15, 0.2) is 29.2 Å². The summed E-state index contributed by atoms with van der Waals surface area (Å²) in [6.07, 6.45) is 25.6. The largest absolute Gasteiger partial charge is 0.481 e. The summed E-state index contributed by atoms with van der Waals surface area (Å²) in [5.74, 6) is 0.399. The maximum Gasteiger partial charge on any atom is 0.307 e. The van der Waals surface area contributed by atoms with Crippen molar-refractivity contribution in [3.05, 3.63) is 29.8 Å². The summed E-state index contributed by atoms with van der Waals surface area (Å²) < 4.78 is 0. The number of carboxylic acids is 1. The van der Waals surface area contributed by atoms with Gasteiger partial charge in [0.05, 0.1) is 6.42 Å². The quantitative estimate of drug-likeness (QED) is 0.142. The fourth-order valence-electron chi connectivity index (χ4n) is 4.07. The molecule has 0 fully saturated rings. The highest BCUT2D eigenvalue weighted by Gasteiger charge is 2.01. The molecule has 0 aliphatic carbocycles. The fourth-order valence-corrected chi connectivity index (χ4v) is 4.98. The van der Waals surface area contributed by atoms with Crippen LogP contribution in [0.1, 0.15) is 128 Å². The highest BCUT2D eigenvalue weighted by atomic mass is 32.2.